The Labute approximate surface area is 191 Å². The second kappa shape index (κ2) is 7.91. The predicted molar refractivity (Wildman–Crippen MR) is 122 cm³/mol. The number of benzene rings is 3. The Morgan fingerprint density at radius 1 is 0.909 bits per heavy atom. The number of nitrogens with zero attached hydrogens (tertiary/aromatic N) is 1. The molecule has 0 saturated heterocycles. The van der Waals surface area contributed by atoms with Gasteiger partial charge in [-0.15, -0.1) is 0 Å². The van der Waals surface area contributed by atoms with E-state index in [1.807, 2.05) is 0 Å². The normalized spacial score (nSPS) is 14.5. The van der Waals surface area contributed by atoms with E-state index in [1.165, 1.54) is 62.6 Å². The number of hydrogen-bond acceptors (Lipinski definition) is 6. The van der Waals surface area contributed by atoms with Gasteiger partial charge in [-0.25, -0.2) is 21.1 Å². The number of aryl methyl sites for hydroxylation is 1. The molecule has 0 aliphatic carbocycles. The Kier molecular flexibility index (Phi) is 5.47. The standard InChI is InChI=1S/C23H20N2O6S2/c1-14-8-10-16(33(30,31)25(2)3)13-19(14)24-23(27)15-9-11-18-21(12-15)32(28,29)20-7-5-4-6-17(20)22(18)26/h4-13H,1-3H3,(H,24,27). The molecule has 8 nitrogen and oxygen atoms in total. The first kappa shape index (κ1) is 22.8. The zero-order valence-electron chi connectivity index (χ0n) is 18.0. The number of rotatable bonds is 4. The van der Waals surface area contributed by atoms with Gasteiger partial charge in [0, 0.05) is 36.5 Å². The van der Waals surface area contributed by atoms with E-state index in [4.69, 9.17) is 0 Å². The lowest BCUT2D eigenvalue weighted by atomic mass is 10.0. The lowest BCUT2D eigenvalue weighted by Crippen LogP contribution is -2.23. The summed E-state index contributed by atoms with van der Waals surface area (Å²) in [5.41, 5.74) is 1.00. The molecule has 0 atom stereocenters. The molecule has 0 spiro atoms. The maximum absolute atomic E-state index is 13.1. The van der Waals surface area contributed by atoms with Crippen molar-refractivity contribution < 1.29 is 26.4 Å². The summed E-state index contributed by atoms with van der Waals surface area (Å²) in [7, 11) is -4.90. The highest BCUT2D eigenvalue weighted by molar-refractivity contribution is 7.91. The molecule has 3 aromatic carbocycles. The number of fused-ring (bicyclic) bond motifs is 2. The molecule has 3 aromatic rings. The third-order valence-electron chi connectivity index (χ3n) is 5.43. The zero-order chi connectivity index (χ0) is 24.1. The molecule has 0 aromatic heterocycles. The van der Waals surface area contributed by atoms with Crippen LogP contribution in [0.2, 0.25) is 0 Å². The molecule has 1 amide bonds. The van der Waals surface area contributed by atoms with E-state index < -0.39 is 31.6 Å². The molecule has 33 heavy (non-hydrogen) atoms. The van der Waals surface area contributed by atoms with Crippen molar-refractivity contribution in [1.29, 1.82) is 0 Å². The van der Waals surface area contributed by atoms with Crippen LogP contribution in [0.25, 0.3) is 0 Å². The number of hydrogen-bond donors (Lipinski definition) is 1. The van der Waals surface area contributed by atoms with E-state index in [-0.39, 0.29) is 37.1 Å². The minimum absolute atomic E-state index is 0.000467. The monoisotopic (exact) mass is 484 g/mol. The molecule has 170 valence electrons. The van der Waals surface area contributed by atoms with Gasteiger partial charge in [-0.3, -0.25) is 9.59 Å². The molecule has 0 saturated carbocycles. The van der Waals surface area contributed by atoms with Crippen LogP contribution in [-0.2, 0) is 19.9 Å². The van der Waals surface area contributed by atoms with Crippen LogP contribution < -0.4 is 5.32 Å². The van der Waals surface area contributed by atoms with E-state index in [2.05, 4.69) is 5.32 Å². The van der Waals surface area contributed by atoms with E-state index in [9.17, 15) is 26.4 Å². The molecule has 10 heteroatoms. The van der Waals surface area contributed by atoms with Crippen LogP contribution in [0.5, 0.6) is 0 Å². The van der Waals surface area contributed by atoms with Gasteiger partial charge in [0.05, 0.1) is 14.7 Å². The minimum atomic E-state index is -3.99. The summed E-state index contributed by atoms with van der Waals surface area (Å²) in [5.74, 6) is -1.07. The van der Waals surface area contributed by atoms with Gasteiger partial charge in [0.1, 0.15) is 0 Å². The van der Waals surface area contributed by atoms with E-state index in [0.29, 0.717) is 5.56 Å². The van der Waals surface area contributed by atoms with E-state index >= 15 is 0 Å². The number of ketones is 1. The van der Waals surface area contributed by atoms with Crippen LogP contribution in [0.1, 0.15) is 31.8 Å². The van der Waals surface area contributed by atoms with Gasteiger partial charge in [0.25, 0.3) is 5.91 Å². The Balaban J connectivity index is 1.73. The molecule has 4 rings (SSSR count). The van der Waals surface area contributed by atoms with E-state index in [0.717, 1.165) is 4.31 Å². The first-order valence-corrected chi connectivity index (χ1v) is 12.7. The largest absolute Gasteiger partial charge is 0.322 e. The van der Waals surface area contributed by atoms with Crippen molar-refractivity contribution in [2.45, 2.75) is 21.6 Å². The number of carbonyl (C=O) groups excluding carboxylic acids is 2. The van der Waals surface area contributed by atoms with Gasteiger partial charge >= 0.3 is 0 Å². The summed E-state index contributed by atoms with van der Waals surface area (Å²) in [4.78, 5) is 25.4. The number of sulfone groups is 1. The topological polar surface area (TPSA) is 118 Å². The third kappa shape index (κ3) is 3.75. The van der Waals surface area contributed by atoms with Gasteiger partial charge in [0.15, 0.2) is 5.78 Å². The molecule has 1 N–H and O–H groups in total. The third-order valence-corrected chi connectivity index (χ3v) is 9.10. The van der Waals surface area contributed by atoms with Crippen molar-refractivity contribution in [2.75, 3.05) is 19.4 Å². The lowest BCUT2D eigenvalue weighted by molar-refractivity contribution is 0.101. The molecule has 0 unspecified atom stereocenters. The molecular weight excluding hydrogens is 464 g/mol. The Morgan fingerprint density at radius 3 is 2.27 bits per heavy atom. The smallest absolute Gasteiger partial charge is 0.255 e. The average molecular weight is 485 g/mol. The zero-order valence-corrected chi connectivity index (χ0v) is 19.6. The highest BCUT2D eigenvalue weighted by Gasteiger charge is 2.35. The Bertz CT molecular complexity index is 1540. The maximum Gasteiger partial charge on any atom is 0.255 e. The molecule has 1 aliphatic rings. The summed E-state index contributed by atoms with van der Waals surface area (Å²) < 4.78 is 52.1. The molecular formula is C23H20N2O6S2. The second-order valence-corrected chi connectivity index (χ2v) is 11.8. The van der Waals surface area contributed by atoms with Crippen LogP contribution >= 0.6 is 0 Å². The van der Waals surface area contributed by atoms with Crippen LogP contribution in [0, 0.1) is 6.92 Å². The fraction of sp³-hybridized carbons (Fsp3) is 0.130. The van der Waals surface area contributed by atoms with Crippen molar-refractivity contribution in [2.24, 2.45) is 0 Å². The van der Waals surface area contributed by atoms with Crippen LogP contribution in [-0.4, -0.2) is 46.9 Å². The lowest BCUT2D eigenvalue weighted by Gasteiger charge is -2.19. The van der Waals surface area contributed by atoms with Crippen LogP contribution in [0.15, 0.2) is 75.4 Å². The molecule has 0 radical (unpaired) electrons. The number of sulfonamides is 1. The number of nitrogens with one attached hydrogen (secondary N) is 1. The van der Waals surface area contributed by atoms with Crippen molar-refractivity contribution in [3.63, 3.8) is 0 Å². The minimum Gasteiger partial charge on any atom is -0.322 e. The number of anilines is 1. The summed E-state index contributed by atoms with van der Waals surface area (Å²) >= 11 is 0. The Morgan fingerprint density at radius 2 is 1.58 bits per heavy atom. The predicted octanol–water partition coefficient (Wildman–Crippen LogP) is 2.87. The second-order valence-electron chi connectivity index (χ2n) is 7.76. The van der Waals surface area contributed by atoms with Gasteiger partial charge in [-0.05, 0) is 55.0 Å². The first-order valence-electron chi connectivity index (χ1n) is 9.82. The highest BCUT2D eigenvalue weighted by Crippen LogP contribution is 2.35. The van der Waals surface area contributed by atoms with Crippen molar-refractivity contribution >= 4 is 37.2 Å². The van der Waals surface area contributed by atoms with Crippen LogP contribution in [0.4, 0.5) is 5.69 Å². The fourth-order valence-electron chi connectivity index (χ4n) is 3.53. The summed E-state index contributed by atoms with van der Waals surface area (Å²) in [6, 6.07) is 14.1. The average Bonchev–Trinajstić information content (AvgIpc) is 2.78. The highest BCUT2D eigenvalue weighted by atomic mass is 32.2. The molecule has 1 heterocycles. The fourth-order valence-corrected chi connectivity index (χ4v) is 6.13. The first-order chi connectivity index (χ1) is 15.4. The maximum atomic E-state index is 13.1. The Hall–Kier alpha value is -3.34. The number of amides is 1. The van der Waals surface area contributed by atoms with Gasteiger partial charge in [-0.1, -0.05) is 18.2 Å². The van der Waals surface area contributed by atoms with Crippen molar-refractivity contribution in [1.82, 2.24) is 4.31 Å². The van der Waals surface area contributed by atoms with Crippen molar-refractivity contribution in [3.8, 4) is 0 Å². The van der Waals surface area contributed by atoms with Crippen LogP contribution in [0.3, 0.4) is 0 Å². The quantitative estimate of drug-likeness (QED) is 0.476. The summed E-state index contributed by atoms with van der Waals surface area (Å²) in [6.45, 7) is 1.70. The van der Waals surface area contributed by atoms with Gasteiger partial charge < -0.3 is 5.32 Å². The summed E-state index contributed by atoms with van der Waals surface area (Å²) in [6.07, 6.45) is 0. The molecule has 1 aliphatic heterocycles. The SMILES string of the molecule is Cc1ccc(S(=O)(=O)N(C)C)cc1NC(=O)c1ccc2c(c1)S(=O)(=O)c1ccccc1C2=O. The number of carbonyl (C=O) groups is 2. The van der Waals surface area contributed by atoms with Gasteiger partial charge in [0.2, 0.25) is 19.9 Å². The van der Waals surface area contributed by atoms with E-state index in [1.54, 1.807) is 19.1 Å². The summed E-state index contributed by atoms with van der Waals surface area (Å²) in [5, 5.41) is 2.64. The van der Waals surface area contributed by atoms with Gasteiger partial charge in [-0.2, -0.15) is 0 Å². The van der Waals surface area contributed by atoms with Crippen molar-refractivity contribution in [3.05, 3.63) is 82.9 Å². The molecule has 0 fully saturated rings. The molecule has 0 bridgehead atoms.